The van der Waals surface area contributed by atoms with Gasteiger partial charge >= 0.3 is 5.97 Å². The van der Waals surface area contributed by atoms with Gasteiger partial charge in [-0.15, -0.1) is 0 Å². The summed E-state index contributed by atoms with van der Waals surface area (Å²) in [4.78, 5) is 18.2. The molecule has 0 aliphatic heterocycles. The molecule has 0 aromatic carbocycles. The fraction of sp³-hybridized carbons (Fsp3) is 0.375. The number of ether oxygens (including phenoxy) is 2. The SMILES string of the molecule is COC(=O)C(C)Oc1ncncc1O. The maximum absolute atomic E-state index is 11.0. The number of carbonyl (C=O) groups is 1. The van der Waals surface area contributed by atoms with Crippen molar-refractivity contribution in [3.63, 3.8) is 0 Å². The van der Waals surface area contributed by atoms with E-state index in [1.54, 1.807) is 0 Å². The minimum absolute atomic E-state index is 0.0436. The lowest BCUT2D eigenvalue weighted by Gasteiger charge is -2.11. The van der Waals surface area contributed by atoms with Crippen LogP contribution in [0.2, 0.25) is 0 Å². The van der Waals surface area contributed by atoms with Gasteiger partial charge in [0.2, 0.25) is 0 Å². The third-order valence-electron chi connectivity index (χ3n) is 1.48. The molecule has 1 N–H and O–H groups in total. The summed E-state index contributed by atoms with van der Waals surface area (Å²) in [7, 11) is 1.25. The number of methoxy groups -OCH3 is 1. The summed E-state index contributed by atoms with van der Waals surface area (Å²) in [5, 5.41) is 9.21. The topological polar surface area (TPSA) is 81.5 Å². The van der Waals surface area contributed by atoms with Gasteiger partial charge in [0.15, 0.2) is 11.9 Å². The molecule has 1 aromatic rings. The minimum Gasteiger partial charge on any atom is -0.502 e. The molecule has 0 saturated carbocycles. The molecule has 1 atom stereocenters. The Kier molecular flexibility index (Phi) is 3.22. The van der Waals surface area contributed by atoms with Crippen molar-refractivity contribution in [1.29, 1.82) is 0 Å². The van der Waals surface area contributed by atoms with E-state index in [0.717, 1.165) is 0 Å². The summed E-state index contributed by atoms with van der Waals surface area (Å²) in [6.07, 6.45) is 1.56. The highest BCUT2D eigenvalue weighted by Gasteiger charge is 2.17. The van der Waals surface area contributed by atoms with Crippen molar-refractivity contribution >= 4 is 5.97 Å². The normalized spacial score (nSPS) is 11.9. The molecule has 0 bridgehead atoms. The number of esters is 1. The van der Waals surface area contributed by atoms with Crippen LogP contribution in [0.15, 0.2) is 12.5 Å². The van der Waals surface area contributed by atoms with Crippen LogP contribution in [0.5, 0.6) is 11.6 Å². The average Bonchev–Trinajstić information content (AvgIpc) is 2.20. The monoisotopic (exact) mass is 198 g/mol. The Morgan fingerprint density at radius 1 is 1.64 bits per heavy atom. The summed E-state index contributed by atoms with van der Waals surface area (Å²) >= 11 is 0. The van der Waals surface area contributed by atoms with Crippen molar-refractivity contribution in [1.82, 2.24) is 9.97 Å². The van der Waals surface area contributed by atoms with E-state index >= 15 is 0 Å². The Morgan fingerprint density at radius 2 is 2.36 bits per heavy atom. The molecule has 0 aliphatic rings. The van der Waals surface area contributed by atoms with Crippen LogP contribution in [0, 0.1) is 0 Å². The van der Waals surface area contributed by atoms with Crippen LogP contribution in [0.1, 0.15) is 6.92 Å². The molecule has 14 heavy (non-hydrogen) atoms. The molecular formula is C8H10N2O4. The Morgan fingerprint density at radius 3 is 2.93 bits per heavy atom. The van der Waals surface area contributed by atoms with Crippen molar-refractivity contribution in [2.45, 2.75) is 13.0 Å². The van der Waals surface area contributed by atoms with E-state index < -0.39 is 12.1 Å². The lowest BCUT2D eigenvalue weighted by molar-refractivity contribution is -0.148. The molecular weight excluding hydrogens is 188 g/mol. The van der Waals surface area contributed by atoms with Crippen LogP contribution >= 0.6 is 0 Å². The van der Waals surface area contributed by atoms with E-state index in [1.807, 2.05) is 0 Å². The van der Waals surface area contributed by atoms with Gasteiger partial charge in [0.05, 0.1) is 13.3 Å². The van der Waals surface area contributed by atoms with Crippen LogP contribution in [-0.2, 0) is 9.53 Å². The van der Waals surface area contributed by atoms with Crippen molar-refractivity contribution in [3.05, 3.63) is 12.5 Å². The van der Waals surface area contributed by atoms with Crippen LogP contribution in [-0.4, -0.2) is 34.3 Å². The fourth-order valence-electron chi connectivity index (χ4n) is 0.783. The molecule has 1 unspecified atom stereocenters. The lowest BCUT2D eigenvalue weighted by Crippen LogP contribution is -2.25. The highest BCUT2D eigenvalue weighted by atomic mass is 16.6. The predicted molar refractivity (Wildman–Crippen MR) is 45.8 cm³/mol. The molecule has 1 aromatic heterocycles. The molecule has 0 saturated heterocycles. The minimum atomic E-state index is -0.819. The van der Waals surface area contributed by atoms with Gasteiger partial charge in [0.1, 0.15) is 6.33 Å². The molecule has 0 amide bonds. The molecule has 76 valence electrons. The molecule has 0 spiro atoms. The first-order valence-corrected chi connectivity index (χ1v) is 3.88. The molecule has 0 aliphatic carbocycles. The second-order valence-electron chi connectivity index (χ2n) is 2.50. The first-order valence-electron chi connectivity index (χ1n) is 3.88. The molecule has 0 fully saturated rings. The average molecular weight is 198 g/mol. The smallest absolute Gasteiger partial charge is 0.346 e. The molecule has 1 rings (SSSR count). The zero-order valence-electron chi connectivity index (χ0n) is 7.80. The van der Waals surface area contributed by atoms with Crippen molar-refractivity contribution < 1.29 is 19.4 Å². The van der Waals surface area contributed by atoms with Crippen LogP contribution in [0.25, 0.3) is 0 Å². The van der Waals surface area contributed by atoms with Gasteiger partial charge < -0.3 is 14.6 Å². The summed E-state index contributed by atoms with van der Waals surface area (Å²) in [6, 6.07) is 0. The van der Waals surface area contributed by atoms with Crippen molar-refractivity contribution in [2.24, 2.45) is 0 Å². The Hall–Kier alpha value is -1.85. The van der Waals surface area contributed by atoms with Gasteiger partial charge in [0.25, 0.3) is 5.88 Å². The van der Waals surface area contributed by atoms with Gasteiger partial charge in [0, 0.05) is 0 Å². The molecule has 6 nitrogen and oxygen atoms in total. The Balaban J connectivity index is 2.69. The third kappa shape index (κ3) is 2.32. The van der Waals surface area contributed by atoms with Gasteiger partial charge in [-0.05, 0) is 6.92 Å². The van der Waals surface area contributed by atoms with Gasteiger partial charge in [-0.25, -0.2) is 9.78 Å². The van der Waals surface area contributed by atoms with E-state index in [9.17, 15) is 9.90 Å². The highest BCUT2D eigenvalue weighted by Crippen LogP contribution is 2.20. The number of nitrogens with zero attached hydrogens (tertiary/aromatic N) is 2. The van der Waals surface area contributed by atoms with Crippen molar-refractivity contribution in [2.75, 3.05) is 7.11 Å². The number of hydrogen-bond acceptors (Lipinski definition) is 6. The van der Waals surface area contributed by atoms with E-state index in [1.165, 1.54) is 26.6 Å². The predicted octanol–water partition coefficient (Wildman–Crippen LogP) is 0.122. The van der Waals surface area contributed by atoms with Crippen LogP contribution in [0.3, 0.4) is 0 Å². The van der Waals surface area contributed by atoms with Gasteiger partial charge in [-0.1, -0.05) is 0 Å². The number of aromatic nitrogens is 2. The fourth-order valence-corrected chi connectivity index (χ4v) is 0.783. The first kappa shape index (κ1) is 10.2. The largest absolute Gasteiger partial charge is 0.502 e. The number of carbonyl (C=O) groups excluding carboxylic acids is 1. The summed E-state index contributed by atoms with van der Waals surface area (Å²) < 4.78 is 9.46. The molecule has 6 heteroatoms. The first-order chi connectivity index (χ1) is 6.65. The second-order valence-corrected chi connectivity index (χ2v) is 2.50. The Labute approximate surface area is 80.5 Å². The number of rotatable bonds is 3. The number of hydrogen-bond donors (Lipinski definition) is 1. The van der Waals surface area contributed by atoms with Crippen molar-refractivity contribution in [3.8, 4) is 11.6 Å². The lowest BCUT2D eigenvalue weighted by atomic mass is 10.4. The van der Waals surface area contributed by atoms with Gasteiger partial charge in [-0.2, -0.15) is 4.98 Å². The quantitative estimate of drug-likeness (QED) is 0.695. The summed E-state index contributed by atoms with van der Waals surface area (Å²) in [6.45, 7) is 1.49. The van der Waals surface area contributed by atoms with Gasteiger partial charge in [-0.3, -0.25) is 0 Å². The van der Waals surface area contributed by atoms with Crippen LogP contribution in [0.4, 0.5) is 0 Å². The molecule has 0 radical (unpaired) electrons. The maximum atomic E-state index is 11.0. The number of aromatic hydroxyl groups is 1. The zero-order chi connectivity index (χ0) is 10.6. The molecule has 1 heterocycles. The van der Waals surface area contributed by atoms with E-state index in [4.69, 9.17) is 4.74 Å². The zero-order valence-corrected chi connectivity index (χ0v) is 7.80. The third-order valence-corrected chi connectivity index (χ3v) is 1.48. The highest BCUT2D eigenvalue weighted by molar-refractivity contribution is 5.74. The second kappa shape index (κ2) is 4.40. The maximum Gasteiger partial charge on any atom is 0.346 e. The standard InChI is InChI=1S/C8H10N2O4/c1-5(8(12)13-2)14-7-6(11)3-9-4-10-7/h3-5,11H,1-2H3. The van der Waals surface area contributed by atoms with E-state index in [-0.39, 0.29) is 11.6 Å². The van der Waals surface area contributed by atoms with E-state index in [2.05, 4.69) is 14.7 Å². The summed E-state index contributed by atoms with van der Waals surface area (Å²) in [5.41, 5.74) is 0. The summed E-state index contributed by atoms with van der Waals surface area (Å²) in [5.74, 6) is -0.802. The van der Waals surface area contributed by atoms with E-state index in [0.29, 0.717) is 0 Å². The Bertz CT molecular complexity index is 329. The van der Waals surface area contributed by atoms with Crippen LogP contribution < -0.4 is 4.74 Å².